The average molecular weight is 392 g/mol. The summed E-state index contributed by atoms with van der Waals surface area (Å²) in [4.78, 5) is 24.3. The number of carbonyl (C=O) groups is 1. The molecule has 0 unspecified atom stereocenters. The Morgan fingerprint density at radius 3 is 2.83 bits per heavy atom. The molecule has 2 saturated heterocycles. The van der Waals surface area contributed by atoms with Gasteiger partial charge in [-0.25, -0.2) is 9.97 Å². The molecule has 3 aliphatic rings. The number of rotatable bonds is 3. The van der Waals surface area contributed by atoms with Gasteiger partial charge in [0.25, 0.3) is 5.91 Å². The maximum atomic E-state index is 13.7. The lowest BCUT2D eigenvalue weighted by Crippen LogP contribution is -2.58. The third-order valence-electron chi connectivity index (χ3n) is 7.37. The first kappa shape index (κ1) is 18.6. The summed E-state index contributed by atoms with van der Waals surface area (Å²) in [5.41, 5.74) is 8.44. The van der Waals surface area contributed by atoms with Crippen molar-refractivity contribution in [2.24, 2.45) is 5.41 Å². The van der Waals surface area contributed by atoms with E-state index in [-0.39, 0.29) is 35.4 Å². The number of carbonyl (C=O) groups excluding carboxylic acids is 1. The van der Waals surface area contributed by atoms with Crippen molar-refractivity contribution in [3.05, 3.63) is 53.3 Å². The van der Waals surface area contributed by atoms with E-state index >= 15 is 0 Å². The van der Waals surface area contributed by atoms with E-state index in [1.165, 1.54) is 12.0 Å². The van der Waals surface area contributed by atoms with Crippen LogP contribution in [0.5, 0.6) is 0 Å². The fourth-order valence-corrected chi connectivity index (χ4v) is 6.09. The smallest absolute Gasteiger partial charge is 0.273 e. The summed E-state index contributed by atoms with van der Waals surface area (Å²) in [5.74, 6) is 0.172. The SMILES string of the molecule is Cc1cc(C(=O)N2[C@H]3CCC[C@H]4N[C@H](Cc5ccccc5)[C@@H]2C[C@@]34C)nc(N)n1. The lowest BCUT2D eigenvalue weighted by atomic mass is 9.65. The first-order valence-electron chi connectivity index (χ1n) is 10.7. The number of hydrogen-bond donors (Lipinski definition) is 2. The number of anilines is 1. The zero-order valence-corrected chi connectivity index (χ0v) is 17.1. The minimum Gasteiger partial charge on any atom is -0.368 e. The Morgan fingerprint density at radius 1 is 1.28 bits per heavy atom. The van der Waals surface area contributed by atoms with Gasteiger partial charge in [-0.3, -0.25) is 4.79 Å². The second-order valence-electron chi connectivity index (χ2n) is 9.20. The van der Waals surface area contributed by atoms with Crippen molar-refractivity contribution >= 4 is 11.9 Å². The minimum atomic E-state index is 0.00309. The van der Waals surface area contributed by atoms with Crippen molar-refractivity contribution in [3.8, 4) is 0 Å². The van der Waals surface area contributed by atoms with Crippen LogP contribution in [0, 0.1) is 12.3 Å². The van der Waals surface area contributed by atoms with E-state index in [0.29, 0.717) is 11.7 Å². The molecule has 29 heavy (non-hydrogen) atoms. The molecule has 6 nitrogen and oxygen atoms in total. The highest BCUT2D eigenvalue weighted by molar-refractivity contribution is 5.93. The van der Waals surface area contributed by atoms with Gasteiger partial charge in [0.15, 0.2) is 0 Å². The second kappa shape index (κ2) is 6.80. The Hall–Kier alpha value is -2.47. The van der Waals surface area contributed by atoms with Crippen LogP contribution in [-0.4, -0.2) is 44.9 Å². The van der Waals surface area contributed by atoms with E-state index in [1.54, 1.807) is 6.07 Å². The number of nitrogens with one attached hydrogen (secondary N) is 1. The molecule has 3 heterocycles. The van der Waals surface area contributed by atoms with Crippen molar-refractivity contribution in [1.82, 2.24) is 20.2 Å². The lowest BCUT2D eigenvalue weighted by Gasteiger charge is -2.46. The van der Waals surface area contributed by atoms with Crippen molar-refractivity contribution in [2.45, 2.75) is 70.1 Å². The Kier molecular flexibility index (Phi) is 4.35. The molecule has 1 aromatic heterocycles. The van der Waals surface area contributed by atoms with Crippen LogP contribution >= 0.6 is 0 Å². The molecule has 6 heteroatoms. The van der Waals surface area contributed by atoms with Gasteiger partial charge < -0.3 is 16.0 Å². The largest absolute Gasteiger partial charge is 0.368 e. The van der Waals surface area contributed by atoms with Crippen LogP contribution in [0.25, 0.3) is 0 Å². The molecule has 2 bridgehead atoms. The highest BCUT2D eigenvalue weighted by Gasteiger charge is 2.61. The number of aromatic nitrogens is 2. The summed E-state index contributed by atoms with van der Waals surface area (Å²) < 4.78 is 0. The van der Waals surface area contributed by atoms with Crippen molar-refractivity contribution in [3.63, 3.8) is 0 Å². The number of nitrogen functional groups attached to an aromatic ring is 1. The van der Waals surface area contributed by atoms with Crippen LogP contribution in [0.15, 0.2) is 36.4 Å². The predicted molar refractivity (Wildman–Crippen MR) is 112 cm³/mol. The first-order valence-corrected chi connectivity index (χ1v) is 10.7. The van der Waals surface area contributed by atoms with Crippen LogP contribution in [0.2, 0.25) is 0 Å². The number of hydrogen-bond acceptors (Lipinski definition) is 5. The van der Waals surface area contributed by atoms with E-state index in [4.69, 9.17) is 5.73 Å². The highest BCUT2D eigenvalue weighted by atomic mass is 16.2. The molecule has 1 amide bonds. The first-order chi connectivity index (χ1) is 14.0. The Bertz CT molecular complexity index is 912. The molecule has 0 radical (unpaired) electrons. The van der Waals surface area contributed by atoms with Crippen molar-refractivity contribution < 1.29 is 4.79 Å². The summed E-state index contributed by atoms with van der Waals surface area (Å²) in [7, 11) is 0. The monoisotopic (exact) mass is 391 g/mol. The Morgan fingerprint density at radius 2 is 2.07 bits per heavy atom. The molecular formula is C23H29N5O. The number of aryl methyl sites for hydroxylation is 1. The predicted octanol–water partition coefficient (Wildman–Crippen LogP) is 2.72. The Labute approximate surface area is 171 Å². The fourth-order valence-electron chi connectivity index (χ4n) is 6.09. The van der Waals surface area contributed by atoms with Crippen molar-refractivity contribution in [2.75, 3.05) is 5.73 Å². The summed E-state index contributed by atoms with van der Waals surface area (Å²) in [6, 6.07) is 13.5. The summed E-state index contributed by atoms with van der Waals surface area (Å²) in [6.45, 7) is 4.22. The minimum absolute atomic E-state index is 0.00309. The van der Waals surface area contributed by atoms with Crippen LogP contribution in [0.3, 0.4) is 0 Å². The standard InChI is InChI=1S/C23H29N5O/c1-14-11-17(27-22(24)25-14)21(29)28-18-13-23(2)19(9-6-10-20(23)28)26-16(18)12-15-7-4-3-5-8-15/h3-5,7-8,11,16,18-20,26H,6,9-10,12-13H2,1-2H3,(H2,24,25,27)/t16-,18+,19-,20+,23-/m1/s1. The van der Waals surface area contributed by atoms with Gasteiger partial charge in [0, 0.05) is 35.3 Å². The molecule has 152 valence electrons. The molecule has 1 aliphatic carbocycles. The van der Waals surface area contributed by atoms with Crippen LogP contribution in [0.4, 0.5) is 5.95 Å². The van der Waals surface area contributed by atoms with Gasteiger partial charge in [-0.05, 0) is 50.7 Å². The lowest BCUT2D eigenvalue weighted by molar-refractivity contribution is 0.0553. The topological polar surface area (TPSA) is 84.1 Å². The molecule has 1 saturated carbocycles. The van der Waals surface area contributed by atoms with E-state index in [0.717, 1.165) is 31.4 Å². The maximum absolute atomic E-state index is 13.7. The number of nitrogens with two attached hydrogens (primary N) is 1. The zero-order chi connectivity index (χ0) is 20.2. The molecule has 1 aromatic carbocycles. The summed E-state index contributed by atoms with van der Waals surface area (Å²) in [6.07, 6.45) is 5.39. The number of amides is 1. The van der Waals surface area contributed by atoms with Gasteiger partial charge in [0.1, 0.15) is 5.69 Å². The van der Waals surface area contributed by atoms with Crippen molar-refractivity contribution in [1.29, 1.82) is 0 Å². The number of likely N-dealkylation sites (tertiary alicyclic amines) is 1. The van der Waals surface area contributed by atoms with E-state index in [2.05, 4.69) is 57.4 Å². The third-order valence-corrected chi connectivity index (χ3v) is 7.37. The summed E-state index contributed by atoms with van der Waals surface area (Å²) in [5, 5.41) is 3.94. The van der Waals surface area contributed by atoms with E-state index in [1.807, 2.05) is 6.92 Å². The third kappa shape index (κ3) is 3.01. The van der Waals surface area contributed by atoms with Gasteiger partial charge in [-0.1, -0.05) is 37.3 Å². The number of nitrogens with zero attached hydrogens (tertiary/aromatic N) is 3. The van der Waals surface area contributed by atoms with Gasteiger partial charge in [-0.2, -0.15) is 0 Å². The molecule has 0 spiro atoms. The molecular weight excluding hydrogens is 362 g/mol. The molecule has 5 atom stereocenters. The van der Waals surface area contributed by atoms with Crippen LogP contribution < -0.4 is 11.1 Å². The quantitative estimate of drug-likeness (QED) is 0.840. The fraction of sp³-hybridized carbons (Fsp3) is 0.522. The average Bonchev–Trinajstić information content (AvgIpc) is 3.00. The highest BCUT2D eigenvalue weighted by Crippen LogP contribution is 2.53. The van der Waals surface area contributed by atoms with Crippen LogP contribution in [0.1, 0.15) is 54.4 Å². The molecule has 3 fully saturated rings. The number of fused-ring (bicyclic) bond motifs is 1. The molecule has 5 rings (SSSR count). The molecule has 3 N–H and O–H groups in total. The zero-order valence-electron chi connectivity index (χ0n) is 17.1. The van der Waals surface area contributed by atoms with Gasteiger partial charge in [0.05, 0.1) is 0 Å². The van der Waals surface area contributed by atoms with Gasteiger partial charge in [-0.15, -0.1) is 0 Å². The Balaban J connectivity index is 1.52. The second-order valence-corrected chi connectivity index (χ2v) is 9.20. The van der Waals surface area contributed by atoms with Gasteiger partial charge >= 0.3 is 0 Å². The normalized spacial score (nSPS) is 33.0. The number of benzene rings is 1. The van der Waals surface area contributed by atoms with E-state index < -0.39 is 0 Å². The van der Waals surface area contributed by atoms with Gasteiger partial charge in [0.2, 0.25) is 5.95 Å². The number of piperidine rings is 1. The molecule has 2 aromatic rings. The maximum Gasteiger partial charge on any atom is 0.273 e. The molecule has 2 aliphatic heterocycles. The summed E-state index contributed by atoms with van der Waals surface area (Å²) >= 11 is 0. The van der Waals surface area contributed by atoms with E-state index in [9.17, 15) is 4.79 Å². The van der Waals surface area contributed by atoms with Crippen LogP contribution in [-0.2, 0) is 6.42 Å².